The van der Waals surface area contributed by atoms with Gasteiger partial charge in [0.2, 0.25) is 0 Å². The van der Waals surface area contributed by atoms with E-state index in [0.29, 0.717) is 34.1 Å². The van der Waals surface area contributed by atoms with Crippen molar-refractivity contribution in [2.75, 3.05) is 0 Å². The van der Waals surface area contributed by atoms with Crippen LogP contribution in [-0.2, 0) is 26.3 Å². The van der Waals surface area contributed by atoms with E-state index in [1.54, 1.807) is 7.05 Å². The summed E-state index contributed by atoms with van der Waals surface area (Å²) in [5, 5.41) is 1.03. The maximum absolute atomic E-state index is 12.6. The van der Waals surface area contributed by atoms with Gasteiger partial charge < -0.3 is 0 Å². The molecule has 0 saturated carbocycles. The second-order valence-electron chi connectivity index (χ2n) is 5.98. The fourth-order valence-corrected chi connectivity index (χ4v) is 3.56. The highest BCUT2D eigenvalue weighted by Crippen LogP contribution is 2.26. The number of hydrogen-bond acceptors (Lipinski definition) is 5. The molecule has 2 heterocycles. The van der Waals surface area contributed by atoms with E-state index in [2.05, 4.69) is 34.2 Å². The molecule has 3 aromatic rings. The summed E-state index contributed by atoms with van der Waals surface area (Å²) in [5.74, 6) is 1.32. The monoisotopic (exact) mass is 356 g/mol. The van der Waals surface area contributed by atoms with Crippen molar-refractivity contribution in [1.82, 2.24) is 19.1 Å². The van der Waals surface area contributed by atoms with Gasteiger partial charge in [-0.2, -0.15) is 0 Å². The average molecular weight is 356 g/mol. The van der Waals surface area contributed by atoms with Crippen LogP contribution in [0.2, 0.25) is 0 Å². The van der Waals surface area contributed by atoms with Crippen molar-refractivity contribution in [1.29, 1.82) is 0 Å². The Balaban J connectivity index is 2.14. The third-order valence-electron chi connectivity index (χ3n) is 4.13. The summed E-state index contributed by atoms with van der Waals surface area (Å²) in [7, 11) is 3.11. The van der Waals surface area contributed by atoms with Crippen LogP contribution >= 0.6 is 11.8 Å². The molecule has 0 aliphatic rings. The average Bonchev–Trinajstić information content (AvgIpc) is 2.63. The zero-order valence-electron chi connectivity index (χ0n) is 14.7. The lowest BCUT2D eigenvalue weighted by molar-refractivity contribution is 0.698. The number of rotatable bonds is 4. The molecule has 7 heteroatoms. The van der Waals surface area contributed by atoms with Gasteiger partial charge in [0.15, 0.2) is 5.65 Å². The topological polar surface area (TPSA) is 69.8 Å². The zero-order valence-corrected chi connectivity index (χ0v) is 15.6. The Morgan fingerprint density at radius 3 is 2.36 bits per heavy atom. The van der Waals surface area contributed by atoms with Gasteiger partial charge in [0.25, 0.3) is 5.56 Å². The molecule has 1 aromatic carbocycles. The Morgan fingerprint density at radius 2 is 1.72 bits per heavy atom. The minimum absolute atomic E-state index is 0.354. The van der Waals surface area contributed by atoms with Crippen molar-refractivity contribution >= 4 is 22.8 Å². The second-order valence-corrected chi connectivity index (χ2v) is 6.94. The molecule has 0 atom stereocenters. The molecule has 0 bridgehead atoms. The first-order chi connectivity index (χ1) is 11.9. The molecule has 0 amide bonds. The fourth-order valence-electron chi connectivity index (χ4n) is 2.57. The number of hydrogen-bond donors (Lipinski definition) is 0. The summed E-state index contributed by atoms with van der Waals surface area (Å²) in [5.41, 5.74) is 2.02. The highest BCUT2D eigenvalue weighted by atomic mass is 32.2. The molecule has 0 aliphatic carbocycles. The Labute approximate surface area is 149 Å². The Bertz CT molecular complexity index is 1050. The molecule has 6 nitrogen and oxygen atoms in total. The maximum Gasteiger partial charge on any atom is 0.332 e. The Hall–Kier alpha value is -2.41. The smallest absolute Gasteiger partial charge is 0.280 e. The van der Waals surface area contributed by atoms with E-state index in [0.717, 1.165) is 10.1 Å². The summed E-state index contributed by atoms with van der Waals surface area (Å²) in [6.45, 7) is 4.00. The predicted molar refractivity (Wildman–Crippen MR) is 100 cm³/mol. The van der Waals surface area contributed by atoms with Crippen LogP contribution in [0.5, 0.6) is 0 Å². The molecule has 25 heavy (non-hydrogen) atoms. The molecule has 0 N–H and O–H groups in total. The zero-order chi connectivity index (χ0) is 18.1. The largest absolute Gasteiger partial charge is 0.332 e. The van der Waals surface area contributed by atoms with E-state index in [4.69, 9.17) is 0 Å². The van der Waals surface area contributed by atoms with Crippen molar-refractivity contribution in [3.05, 3.63) is 62.1 Å². The number of aryl methyl sites for hydroxylation is 3. The van der Waals surface area contributed by atoms with Gasteiger partial charge in [0.05, 0.1) is 0 Å². The quantitative estimate of drug-likeness (QED) is 0.529. The Morgan fingerprint density at radius 1 is 1.04 bits per heavy atom. The number of nitrogens with zero attached hydrogens (tertiary/aromatic N) is 4. The first kappa shape index (κ1) is 17.4. The molecule has 0 aliphatic heterocycles. The van der Waals surface area contributed by atoms with Crippen LogP contribution in [0.4, 0.5) is 0 Å². The molecular formula is C18H20N4O2S. The molecule has 2 aromatic heterocycles. The summed E-state index contributed by atoms with van der Waals surface area (Å²) in [4.78, 5) is 33.8. The third-order valence-corrected chi connectivity index (χ3v) is 5.17. The molecular weight excluding hydrogens is 336 g/mol. The van der Waals surface area contributed by atoms with Crippen LogP contribution in [0.1, 0.15) is 23.9 Å². The normalized spacial score (nSPS) is 11.2. The molecule has 0 fully saturated rings. The second kappa shape index (κ2) is 6.84. The Kier molecular flexibility index (Phi) is 4.76. The van der Waals surface area contributed by atoms with Crippen LogP contribution in [0.25, 0.3) is 11.0 Å². The van der Waals surface area contributed by atoms with Crippen molar-refractivity contribution in [2.24, 2.45) is 14.1 Å². The van der Waals surface area contributed by atoms with Crippen LogP contribution in [-0.4, -0.2) is 19.1 Å². The van der Waals surface area contributed by atoms with Crippen LogP contribution in [0.3, 0.4) is 0 Å². The molecule has 0 unspecified atom stereocenters. The van der Waals surface area contributed by atoms with E-state index in [9.17, 15) is 9.59 Å². The highest BCUT2D eigenvalue weighted by Gasteiger charge is 2.17. The standard InChI is InChI=1S/C18H20N4O2S/c1-5-13-19-15-14(17(23)22(4)18(24)21(15)3)16(20-13)25-10-12-8-6-11(2)7-9-12/h6-9H,5,10H2,1-4H3. The van der Waals surface area contributed by atoms with Gasteiger partial charge in [-0.05, 0) is 12.5 Å². The van der Waals surface area contributed by atoms with Gasteiger partial charge in [0.1, 0.15) is 16.2 Å². The first-order valence-corrected chi connectivity index (χ1v) is 9.06. The van der Waals surface area contributed by atoms with Crippen molar-refractivity contribution in [3.63, 3.8) is 0 Å². The van der Waals surface area contributed by atoms with Crippen LogP contribution in [0.15, 0.2) is 38.9 Å². The van der Waals surface area contributed by atoms with Gasteiger partial charge in [-0.3, -0.25) is 13.9 Å². The van der Waals surface area contributed by atoms with Gasteiger partial charge in [-0.15, -0.1) is 11.8 Å². The fraction of sp³-hybridized carbons (Fsp3) is 0.333. The number of aromatic nitrogens is 4. The van der Waals surface area contributed by atoms with E-state index >= 15 is 0 Å². The number of thioether (sulfide) groups is 1. The minimum atomic E-state index is -0.382. The van der Waals surface area contributed by atoms with E-state index in [1.807, 2.05) is 13.8 Å². The molecule has 130 valence electrons. The van der Waals surface area contributed by atoms with Gasteiger partial charge in [-0.25, -0.2) is 14.8 Å². The van der Waals surface area contributed by atoms with Crippen molar-refractivity contribution in [2.45, 2.75) is 31.0 Å². The molecule has 3 rings (SSSR count). The number of fused-ring (bicyclic) bond motifs is 1. The highest BCUT2D eigenvalue weighted by molar-refractivity contribution is 7.98. The molecule has 0 saturated heterocycles. The van der Waals surface area contributed by atoms with Crippen molar-refractivity contribution < 1.29 is 0 Å². The summed E-state index contributed by atoms with van der Waals surface area (Å²) < 4.78 is 2.51. The third kappa shape index (κ3) is 3.24. The molecule has 0 spiro atoms. The van der Waals surface area contributed by atoms with Gasteiger partial charge in [-0.1, -0.05) is 36.8 Å². The summed E-state index contributed by atoms with van der Waals surface area (Å²) >= 11 is 1.50. The predicted octanol–water partition coefficient (Wildman–Crippen LogP) is 2.19. The van der Waals surface area contributed by atoms with E-state index < -0.39 is 0 Å². The SMILES string of the molecule is CCc1nc(SCc2ccc(C)cc2)c2c(=O)n(C)c(=O)n(C)c2n1. The van der Waals surface area contributed by atoms with E-state index in [1.165, 1.54) is 28.9 Å². The summed E-state index contributed by atoms with van der Waals surface area (Å²) in [6.07, 6.45) is 0.636. The van der Waals surface area contributed by atoms with Crippen LogP contribution < -0.4 is 11.2 Å². The lowest BCUT2D eigenvalue weighted by Gasteiger charge is -2.11. The maximum atomic E-state index is 12.6. The minimum Gasteiger partial charge on any atom is -0.280 e. The van der Waals surface area contributed by atoms with Gasteiger partial charge >= 0.3 is 5.69 Å². The lowest BCUT2D eigenvalue weighted by Crippen LogP contribution is -2.37. The van der Waals surface area contributed by atoms with E-state index in [-0.39, 0.29) is 11.2 Å². The van der Waals surface area contributed by atoms with Crippen molar-refractivity contribution in [3.8, 4) is 0 Å². The van der Waals surface area contributed by atoms with Crippen LogP contribution in [0, 0.1) is 6.92 Å². The summed E-state index contributed by atoms with van der Waals surface area (Å²) in [6, 6.07) is 8.27. The first-order valence-electron chi connectivity index (χ1n) is 8.07. The lowest BCUT2D eigenvalue weighted by atomic mass is 10.2. The molecule has 0 radical (unpaired) electrons. The number of benzene rings is 1. The van der Waals surface area contributed by atoms with Gasteiger partial charge in [0, 0.05) is 26.3 Å².